The summed E-state index contributed by atoms with van der Waals surface area (Å²) >= 11 is 0. The van der Waals surface area contributed by atoms with Crippen LogP contribution in [0.5, 0.6) is 0 Å². The molecule has 1 atom stereocenters. The predicted molar refractivity (Wildman–Crippen MR) is 74.7 cm³/mol. The molecule has 2 rings (SSSR count). The lowest BCUT2D eigenvalue weighted by Crippen LogP contribution is -2.35. The average molecular weight is 250 g/mol. The number of nitrogens with one attached hydrogen (secondary N) is 1. The minimum atomic E-state index is 0.427. The Labute approximate surface area is 111 Å². The minimum Gasteiger partial charge on any atom is -0.465 e. The Morgan fingerprint density at radius 3 is 2.33 bits per heavy atom. The summed E-state index contributed by atoms with van der Waals surface area (Å²) in [5, 5.41) is 3.40. The normalized spacial score (nSPS) is 26.5. The van der Waals surface area contributed by atoms with Crippen LogP contribution in [0.4, 0.5) is 0 Å². The van der Waals surface area contributed by atoms with E-state index >= 15 is 0 Å². The van der Waals surface area contributed by atoms with Crippen molar-refractivity contribution in [1.82, 2.24) is 10.2 Å². The number of hydrogen-bond acceptors (Lipinski definition) is 3. The van der Waals surface area contributed by atoms with Gasteiger partial charge in [-0.2, -0.15) is 0 Å². The highest BCUT2D eigenvalue weighted by Crippen LogP contribution is 2.37. The molecule has 0 aromatic carbocycles. The zero-order chi connectivity index (χ0) is 13.1. The van der Waals surface area contributed by atoms with Gasteiger partial charge in [-0.15, -0.1) is 0 Å². The van der Waals surface area contributed by atoms with Crippen LogP contribution in [-0.2, 0) is 0 Å². The van der Waals surface area contributed by atoms with Crippen LogP contribution in [-0.4, -0.2) is 32.1 Å². The molecule has 1 aliphatic carbocycles. The molecule has 0 bridgehead atoms. The van der Waals surface area contributed by atoms with Crippen LogP contribution in [0.2, 0.25) is 0 Å². The van der Waals surface area contributed by atoms with Gasteiger partial charge in [-0.3, -0.25) is 4.90 Å². The number of hydrogen-bond donors (Lipinski definition) is 1. The van der Waals surface area contributed by atoms with E-state index in [0.29, 0.717) is 12.1 Å². The maximum atomic E-state index is 5.86. The van der Waals surface area contributed by atoms with Crippen molar-refractivity contribution in [2.75, 3.05) is 21.1 Å². The van der Waals surface area contributed by atoms with E-state index in [2.05, 4.69) is 43.5 Å². The summed E-state index contributed by atoms with van der Waals surface area (Å²) in [6.45, 7) is 2.02. The van der Waals surface area contributed by atoms with Gasteiger partial charge >= 0.3 is 0 Å². The molecule has 18 heavy (non-hydrogen) atoms. The van der Waals surface area contributed by atoms with Crippen molar-refractivity contribution >= 4 is 0 Å². The molecule has 1 aromatic heterocycles. The molecule has 3 heteroatoms. The highest BCUT2D eigenvalue weighted by Gasteiger charge is 2.31. The van der Waals surface area contributed by atoms with Crippen molar-refractivity contribution < 1.29 is 4.42 Å². The van der Waals surface area contributed by atoms with Gasteiger partial charge in [0.15, 0.2) is 0 Å². The number of rotatable bonds is 4. The Balaban J connectivity index is 2.07. The largest absolute Gasteiger partial charge is 0.465 e. The zero-order valence-corrected chi connectivity index (χ0v) is 12.1. The molecule has 1 aromatic rings. The molecule has 1 saturated carbocycles. The van der Waals surface area contributed by atoms with Gasteiger partial charge in [0, 0.05) is 6.04 Å². The first-order chi connectivity index (χ1) is 8.61. The fourth-order valence-corrected chi connectivity index (χ4v) is 3.24. The van der Waals surface area contributed by atoms with Gasteiger partial charge in [-0.05, 0) is 71.8 Å². The molecule has 3 nitrogen and oxygen atoms in total. The SMILES string of the molecule is CNC1CCC(C(c2ccc(C)o2)N(C)C)CC1. The second kappa shape index (κ2) is 5.89. The molecule has 1 fully saturated rings. The van der Waals surface area contributed by atoms with Gasteiger partial charge in [0.25, 0.3) is 0 Å². The molecule has 1 heterocycles. The standard InChI is InChI=1S/C15H26N2O/c1-11-5-10-14(18-11)15(17(3)4)12-6-8-13(16-2)9-7-12/h5,10,12-13,15-16H,6-9H2,1-4H3. The lowest BCUT2D eigenvalue weighted by Gasteiger charge is -2.36. The van der Waals surface area contributed by atoms with Crippen LogP contribution in [0.1, 0.15) is 43.2 Å². The van der Waals surface area contributed by atoms with Crippen molar-refractivity contribution in [3.8, 4) is 0 Å². The Morgan fingerprint density at radius 1 is 1.22 bits per heavy atom. The summed E-state index contributed by atoms with van der Waals surface area (Å²) in [4.78, 5) is 2.31. The van der Waals surface area contributed by atoms with Crippen molar-refractivity contribution in [1.29, 1.82) is 0 Å². The molecule has 0 spiro atoms. The Bertz CT molecular complexity index is 364. The summed E-state index contributed by atoms with van der Waals surface area (Å²) in [5.74, 6) is 2.86. The molecule has 0 saturated heterocycles. The number of nitrogens with zero attached hydrogens (tertiary/aromatic N) is 1. The second-order valence-corrected chi connectivity index (χ2v) is 5.76. The second-order valence-electron chi connectivity index (χ2n) is 5.76. The van der Waals surface area contributed by atoms with E-state index in [-0.39, 0.29) is 0 Å². The Hall–Kier alpha value is -0.800. The lowest BCUT2D eigenvalue weighted by molar-refractivity contribution is 0.137. The van der Waals surface area contributed by atoms with Crippen molar-refractivity contribution in [2.45, 2.75) is 44.7 Å². The van der Waals surface area contributed by atoms with Gasteiger partial charge in [0.2, 0.25) is 0 Å². The van der Waals surface area contributed by atoms with Crippen molar-refractivity contribution in [3.05, 3.63) is 23.7 Å². The minimum absolute atomic E-state index is 0.427. The van der Waals surface area contributed by atoms with Gasteiger partial charge in [-0.1, -0.05) is 0 Å². The van der Waals surface area contributed by atoms with Crippen LogP contribution in [0, 0.1) is 12.8 Å². The third kappa shape index (κ3) is 2.96. The molecular formula is C15H26N2O. The Morgan fingerprint density at radius 2 is 1.89 bits per heavy atom. The third-order valence-electron chi connectivity index (χ3n) is 4.24. The molecule has 0 radical (unpaired) electrons. The van der Waals surface area contributed by atoms with Gasteiger partial charge in [0.1, 0.15) is 11.5 Å². The van der Waals surface area contributed by atoms with Crippen LogP contribution in [0.25, 0.3) is 0 Å². The van der Waals surface area contributed by atoms with Crippen LogP contribution in [0.15, 0.2) is 16.5 Å². The highest BCUT2D eigenvalue weighted by atomic mass is 16.3. The number of aryl methyl sites for hydroxylation is 1. The molecule has 1 aliphatic rings. The van der Waals surface area contributed by atoms with E-state index in [9.17, 15) is 0 Å². The first kappa shape index (κ1) is 13.6. The maximum absolute atomic E-state index is 5.86. The predicted octanol–water partition coefficient (Wildman–Crippen LogP) is 2.97. The lowest BCUT2D eigenvalue weighted by atomic mass is 9.80. The molecular weight excluding hydrogens is 224 g/mol. The molecule has 1 unspecified atom stereocenters. The maximum Gasteiger partial charge on any atom is 0.121 e. The van der Waals surface area contributed by atoms with Crippen LogP contribution in [0.3, 0.4) is 0 Å². The average Bonchev–Trinajstić information content (AvgIpc) is 2.76. The zero-order valence-electron chi connectivity index (χ0n) is 12.1. The summed E-state index contributed by atoms with van der Waals surface area (Å²) in [6, 6.07) is 5.36. The smallest absolute Gasteiger partial charge is 0.121 e. The van der Waals surface area contributed by atoms with E-state index in [0.717, 1.165) is 17.4 Å². The van der Waals surface area contributed by atoms with Gasteiger partial charge < -0.3 is 9.73 Å². The summed E-state index contributed by atoms with van der Waals surface area (Å²) in [6.07, 6.45) is 5.14. The van der Waals surface area contributed by atoms with E-state index in [1.54, 1.807) is 0 Å². The van der Waals surface area contributed by atoms with E-state index < -0.39 is 0 Å². The summed E-state index contributed by atoms with van der Waals surface area (Å²) in [7, 11) is 6.39. The van der Waals surface area contributed by atoms with Crippen molar-refractivity contribution in [3.63, 3.8) is 0 Å². The fraction of sp³-hybridized carbons (Fsp3) is 0.733. The molecule has 0 aliphatic heterocycles. The van der Waals surface area contributed by atoms with E-state index in [4.69, 9.17) is 4.42 Å². The monoisotopic (exact) mass is 250 g/mol. The van der Waals surface area contributed by atoms with E-state index in [1.165, 1.54) is 25.7 Å². The topological polar surface area (TPSA) is 28.4 Å². The van der Waals surface area contributed by atoms with Crippen molar-refractivity contribution in [2.24, 2.45) is 5.92 Å². The molecule has 1 N–H and O–H groups in total. The van der Waals surface area contributed by atoms with Crippen LogP contribution >= 0.6 is 0 Å². The van der Waals surface area contributed by atoms with E-state index in [1.807, 2.05) is 6.92 Å². The van der Waals surface area contributed by atoms with Crippen LogP contribution < -0.4 is 5.32 Å². The van der Waals surface area contributed by atoms with Gasteiger partial charge in [-0.25, -0.2) is 0 Å². The first-order valence-corrected chi connectivity index (χ1v) is 7.02. The quantitative estimate of drug-likeness (QED) is 0.890. The highest BCUT2D eigenvalue weighted by molar-refractivity contribution is 5.11. The Kier molecular flexibility index (Phi) is 4.46. The van der Waals surface area contributed by atoms with Gasteiger partial charge in [0.05, 0.1) is 6.04 Å². The number of furan rings is 1. The third-order valence-corrected chi connectivity index (χ3v) is 4.24. The summed E-state index contributed by atoms with van der Waals surface area (Å²) in [5.41, 5.74) is 0. The summed E-state index contributed by atoms with van der Waals surface area (Å²) < 4.78 is 5.86. The first-order valence-electron chi connectivity index (χ1n) is 7.02. The molecule has 102 valence electrons. The molecule has 0 amide bonds. The fourth-order valence-electron chi connectivity index (χ4n) is 3.24.